The van der Waals surface area contributed by atoms with E-state index in [0.717, 1.165) is 45.0 Å². The first-order valence-electron chi connectivity index (χ1n) is 8.62. The second-order valence-electron chi connectivity index (χ2n) is 6.68. The van der Waals surface area contributed by atoms with Crippen LogP contribution in [-0.4, -0.2) is 56.4 Å². The highest BCUT2D eigenvalue weighted by Gasteiger charge is 2.27. The summed E-state index contributed by atoms with van der Waals surface area (Å²) in [6.45, 7) is 9.38. The maximum absolute atomic E-state index is 12.6. The van der Waals surface area contributed by atoms with Crippen molar-refractivity contribution in [2.24, 2.45) is 5.92 Å². The van der Waals surface area contributed by atoms with Crippen LogP contribution in [0.15, 0.2) is 24.3 Å². The third kappa shape index (κ3) is 3.67. The SMILES string of the molecule is CC(C)[C@@H](CNC(=O)N1CCc2ccccc21)N1CCOCC1. The number of para-hydroxylation sites is 1. The first-order valence-corrected chi connectivity index (χ1v) is 8.62. The Kier molecular flexibility index (Phi) is 5.18. The van der Waals surface area contributed by atoms with Crippen LogP contribution in [0.1, 0.15) is 19.4 Å². The van der Waals surface area contributed by atoms with Crippen LogP contribution in [0.3, 0.4) is 0 Å². The smallest absolute Gasteiger partial charge is 0.321 e. The molecule has 1 N–H and O–H groups in total. The number of rotatable bonds is 4. The number of anilines is 1. The summed E-state index contributed by atoms with van der Waals surface area (Å²) in [7, 11) is 0. The molecule has 0 aromatic heterocycles. The Morgan fingerprint density at radius 2 is 1.96 bits per heavy atom. The van der Waals surface area contributed by atoms with Crippen LogP contribution in [0.2, 0.25) is 0 Å². The van der Waals surface area contributed by atoms with Crippen molar-refractivity contribution in [2.75, 3.05) is 44.3 Å². The highest BCUT2D eigenvalue weighted by atomic mass is 16.5. The van der Waals surface area contributed by atoms with Crippen LogP contribution >= 0.6 is 0 Å². The maximum Gasteiger partial charge on any atom is 0.321 e. The van der Waals surface area contributed by atoms with Gasteiger partial charge in [0.1, 0.15) is 0 Å². The predicted molar refractivity (Wildman–Crippen MR) is 91.9 cm³/mol. The molecule has 3 rings (SSSR count). The Balaban J connectivity index is 1.59. The van der Waals surface area contributed by atoms with Crippen molar-refractivity contribution < 1.29 is 9.53 Å². The van der Waals surface area contributed by atoms with Crippen LogP contribution in [0.4, 0.5) is 10.5 Å². The molecule has 1 saturated heterocycles. The minimum Gasteiger partial charge on any atom is -0.379 e. The third-order valence-electron chi connectivity index (χ3n) is 4.88. The van der Waals surface area contributed by atoms with E-state index in [4.69, 9.17) is 4.74 Å². The van der Waals surface area contributed by atoms with Gasteiger partial charge < -0.3 is 10.1 Å². The van der Waals surface area contributed by atoms with Crippen molar-refractivity contribution in [1.82, 2.24) is 10.2 Å². The lowest BCUT2D eigenvalue weighted by atomic mass is 10.0. The number of carbonyl (C=O) groups is 1. The number of nitrogens with zero attached hydrogens (tertiary/aromatic N) is 2. The Morgan fingerprint density at radius 1 is 1.22 bits per heavy atom. The number of amides is 2. The monoisotopic (exact) mass is 317 g/mol. The number of carbonyl (C=O) groups excluding carboxylic acids is 1. The van der Waals surface area contributed by atoms with E-state index in [2.05, 4.69) is 30.1 Å². The lowest BCUT2D eigenvalue weighted by molar-refractivity contribution is 0.00724. The summed E-state index contributed by atoms with van der Waals surface area (Å²) in [6, 6.07) is 8.55. The van der Waals surface area contributed by atoms with Crippen molar-refractivity contribution in [3.63, 3.8) is 0 Å². The van der Waals surface area contributed by atoms with Gasteiger partial charge in [0.25, 0.3) is 0 Å². The molecule has 0 radical (unpaired) electrons. The summed E-state index contributed by atoms with van der Waals surface area (Å²) in [6.07, 6.45) is 0.945. The van der Waals surface area contributed by atoms with Gasteiger partial charge in [0.2, 0.25) is 0 Å². The number of urea groups is 1. The van der Waals surface area contributed by atoms with Gasteiger partial charge in [-0.2, -0.15) is 0 Å². The number of hydrogen-bond donors (Lipinski definition) is 1. The molecule has 0 aliphatic carbocycles. The number of benzene rings is 1. The minimum atomic E-state index is 0.0221. The van der Waals surface area contributed by atoms with E-state index in [1.54, 1.807) is 0 Å². The first kappa shape index (κ1) is 16.3. The van der Waals surface area contributed by atoms with E-state index in [0.29, 0.717) is 18.5 Å². The van der Waals surface area contributed by atoms with Crippen molar-refractivity contribution in [1.29, 1.82) is 0 Å². The Morgan fingerprint density at radius 3 is 2.70 bits per heavy atom. The van der Waals surface area contributed by atoms with Gasteiger partial charge in [-0.3, -0.25) is 9.80 Å². The molecule has 5 nitrogen and oxygen atoms in total. The summed E-state index contributed by atoms with van der Waals surface area (Å²) in [5.74, 6) is 0.499. The van der Waals surface area contributed by atoms with Gasteiger partial charge in [-0.1, -0.05) is 32.0 Å². The average molecular weight is 317 g/mol. The standard InChI is InChI=1S/C18H27N3O2/c1-14(2)17(20-9-11-23-12-10-20)13-19-18(22)21-8-7-15-5-3-4-6-16(15)21/h3-6,14,17H,7-13H2,1-2H3,(H,19,22)/t17-/m1/s1. The first-order chi connectivity index (χ1) is 11.2. The van der Waals surface area contributed by atoms with Gasteiger partial charge in [-0.05, 0) is 24.0 Å². The molecular weight excluding hydrogens is 290 g/mol. The van der Waals surface area contributed by atoms with Gasteiger partial charge in [-0.25, -0.2) is 4.79 Å². The highest BCUT2D eigenvalue weighted by Crippen LogP contribution is 2.27. The van der Waals surface area contributed by atoms with E-state index in [-0.39, 0.29) is 6.03 Å². The van der Waals surface area contributed by atoms with E-state index in [1.807, 2.05) is 23.1 Å². The van der Waals surface area contributed by atoms with Crippen LogP contribution in [0, 0.1) is 5.92 Å². The maximum atomic E-state index is 12.6. The predicted octanol–water partition coefficient (Wildman–Crippen LogP) is 2.12. The lowest BCUT2D eigenvalue weighted by Gasteiger charge is -2.37. The molecule has 0 saturated carbocycles. The molecular formula is C18H27N3O2. The normalized spacial score (nSPS) is 19.7. The number of morpholine rings is 1. The fourth-order valence-corrected chi connectivity index (χ4v) is 3.53. The summed E-state index contributed by atoms with van der Waals surface area (Å²) >= 11 is 0. The van der Waals surface area contributed by atoms with E-state index < -0.39 is 0 Å². The van der Waals surface area contributed by atoms with E-state index >= 15 is 0 Å². The number of hydrogen-bond acceptors (Lipinski definition) is 3. The van der Waals surface area contributed by atoms with Gasteiger partial charge in [0.05, 0.1) is 13.2 Å². The molecule has 0 spiro atoms. The molecule has 23 heavy (non-hydrogen) atoms. The quantitative estimate of drug-likeness (QED) is 0.925. The Hall–Kier alpha value is -1.59. The molecule has 5 heteroatoms. The zero-order chi connectivity index (χ0) is 16.2. The topological polar surface area (TPSA) is 44.8 Å². The molecule has 2 aliphatic heterocycles. The van der Waals surface area contributed by atoms with Crippen molar-refractivity contribution in [3.8, 4) is 0 Å². The van der Waals surface area contributed by atoms with Crippen LogP contribution in [0.5, 0.6) is 0 Å². The van der Waals surface area contributed by atoms with Gasteiger partial charge in [-0.15, -0.1) is 0 Å². The van der Waals surface area contributed by atoms with Crippen molar-refractivity contribution in [2.45, 2.75) is 26.3 Å². The molecule has 2 heterocycles. The average Bonchev–Trinajstić information content (AvgIpc) is 2.99. The Bertz CT molecular complexity index is 541. The minimum absolute atomic E-state index is 0.0221. The molecule has 1 fully saturated rings. The van der Waals surface area contributed by atoms with Crippen LogP contribution in [-0.2, 0) is 11.2 Å². The molecule has 0 unspecified atom stereocenters. The van der Waals surface area contributed by atoms with Gasteiger partial charge in [0, 0.05) is 37.9 Å². The number of fused-ring (bicyclic) bond motifs is 1. The third-order valence-corrected chi connectivity index (χ3v) is 4.88. The van der Waals surface area contributed by atoms with Crippen LogP contribution < -0.4 is 10.2 Å². The fraction of sp³-hybridized carbons (Fsp3) is 0.611. The second kappa shape index (κ2) is 7.32. The van der Waals surface area contributed by atoms with Gasteiger partial charge >= 0.3 is 6.03 Å². The summed E-state index contributed by atoms with van der Waals surface area (Å²) < 4.78 is 5.44. The van der Waals surface area contributed by atoms with Crippen molar-refractivity contribution >= 4 is 11.7 Å². The zero-order valence-electron chi connectivity index (χ0n) is 14.1. The molecule has 1 atom stereocenters. The highest BCUT2D eigenvalue weighted by molar-refractivity contribution is 5.94. The Labute approximate surface area is 138 Å². The number of ether oxygens (including phenoxy) is 1. The largest absolute Gasteiger partial charge is 0.379 e. The molecule has 126 valence electrons. The zero-order valence-corrected chi connectivity index (χ0v) is 14.1. The lowest BCUT2D eigenvalue weighted by Crippen LogP contribution is -2.52. The molecule has 0 bridgehead atoms. The van der Waals surface area contributed by atoms with E-state index in [1.165, 1.54) is 5.56 Å². The van der Waals surface area contributed by atoms with Crippen molar-refractivity contribution in [3.05, 3.63) is 29.8 Å². The summed E-state index contributed by atoms with van der Waals surface area (Å²) in [5, 5.41) is 3.15. The summed E-state index contributed by atoms with van der Waals surface area (Å²) in [5.41, 5.74) is 2.31. The van der Waals surface area contributed by atoms with Crippen LogP contribution in [0.25, 0.3) is 0 Å². The molecule has 2 aliphatic rings. The molecule has 1 aromatic rings. The van der Waals surface area contributed by atoms with E-state index in [9.17, 15) is 4.79 Å². The fourth-order valence-electron chi connectivity index (χ4n) is 3.53. The molecule has 2 amide bonds. The summed E-state index contributed by atoms with van der Waals surface area (Å²) in [4.78, 5) is 16.9. The van der Waals surface area contributed by atoms with Gasteiger partial charge in [0.15, 0.2) is 0 Å². The second-order valence-corrected chi connectivity index (χ2v) is 6.68. The molecule has 1 aromatic carbocycles. The number of nitrogens with one attached hydrogen (secondary N) is 1.